The molecule has 138 valence electrons. The fraction of sp³-hybridized carbons (Fsp3) is 0.316. The van der Waals surface area contributed by atoms with Crippen molar-refractivity contribution in [3.05, 3.63) is 65.3 Å². The smallest absolute Gasteiger partial charge is 0.416 e. The number of nitrogens with one attached hydrogen (secondary N) is 1. The fourth-order valence-electron chi connectivity index (χ4n) is 3.03. The van der Waals surface area contributed by atoms with Crippen molar-refractivity contribution in [2.45, 2.75) is 25.6 Å². The molecule has 1 aromatic carbocycles. The molecule has 0 amide bonds. The Morgan fingerprint density at radius 3 is 2.77 bits per heavy atom. The summed E-state index contributed by atoms with van der Waals surface area (Å²) in [5.41, 5.74) is 0.304. The molecule has 1 N–H and O–H groups in total. The van der Waals surface area contributed by atoms with Crippen molar-refractivity contribution in [3.8, 4) is 0 Å². The molecular formula is C19H19F3N2O2. The Balaban J connectivity index is 1.95. The third-order valence-corrected chi connectivity index (χ3v) is 4.34. The van der Waals surface area contributed by atoms with Gasteiger partial charge in [-0.15, -0.1) is 0 Å². The van der Waals surface area contributed by atoms with Crippen LogP contribution in [-0.4, -0.2) is 30.4 Å². The van der Waals surface area contributed by atoms with Gasteiger partial charge in [-0.3, -0.25) is 4.79 Å². The summed E-state index contributed by atoms with van der Waals surface area (Å²) in [6.07, 6.45) is 0.946. The van der Waals surface area contributed by atoms with Crippen LogP contribution in [0.1, 0.15) is 24.5 Å². The summed E-state index contributed by atoms with van der Waals surface area (Å²) in [5, 5.41) is 2.79. The number of ether oxygens (including phenoxy) is 1. The number of carbonyl (C=O) groups excluding carboxylic acids is 1. The quantitative estimate of drug-likeness (QED) is 0.885. The summed E-state index contributed by atoms with van der Waals surface area (Å²) in [6.45, 7) is 2.72. The van der Waals surface area contributed by atoms with Gasteiger partial charge in [-0.25, -0.2) is 0 Å². The van der Waals surface area contributed by atoms with Crippen LogP contribution in [-0.2, 0) is 15.7 Å². The van der Waals surface area contributed by atoms with Gasteiger partial charge in [0.2, 0.25) is 5.78 Å². The number of allylic oxidation sites excluding steroid dienone is 1. The van der Waals surface area contributed by atoms with Crippen LogP contribution in [0.2, 0.25) is 0 Å². The molecule has 2 heterocycles. The highest BCUT2D eigenvalue weighted by molar-refractivity contribution is 6.26. The lowest BCUT2D eigenvalue weighted by Crippen LogP contribution is -2.25. The van der Waals surface area contributed by atoms with Gasteiger partial charge in [-0.1, -0.05) is 18.2 Å². The SMILES string of the molecule is CCN1C=CCC(C2OC(NC)=C(c3cccc(C(F)(F)F)c3)C2=O)=C1. The van der Waals surface area contributed by atoms with Crippen LogP contribution in [0.25, 0.3) is 5.57 Å². The van der Waals surface area contributed by atoms with Crippen molar-refractivity contribution >= 4 is 11.4 Å². The standard InChI is InChI=1S/C19H19F3N2O2/c1-3-24-9-5-7-13(11-24)17-16(25)15(18(23-2)26-17)12-6-4-8-14(10-12)19(20,21)22/h4-6,8-11,17,23H,3,7H2,1-2H3. The van der Waals surface area contributed by atoms with Crippen molar-refractivity contribution in [1.29, 1.82) is 0 Å². The summed E-state index contributed by atoms with van der Waals surface area (Å²) < 4.78 is 44.8. The maximum Gasteiger partial charge on any atom is 0.416 e. The van der Waals surface area contributed by atoms with Gasteiger partial charge in [0.1, 0.15) is 0 Å². The third kappa shape index (κ3) is 3.34. The van der Waals surface area contributed by atoms with E-state index in [-0.39, 0.29) is 22.8 Å². The van der Waals surface area contributed by atoms with Crippen LogP contribution in [0.4, 0.5) is 13.2 Å². The molecule has 0 radical (unpaired) electrons. The van der Waals surface area contributed by atoms with E-state index in [1.54, 1.807) is 7.05 Å². The molecule has 0 spiro atoms. The van der Waals surface area contributed by atoms with Gasteiger partial charge in [-0.05, 0) is 42.8 Å². The number of rotatable bonds is 4. The van der Waals surface area contributed by atoms with Gasteiger partial charge < -0.3 is 15.0 Å². The Labute approximate surface area is 149 Å². The lowest BCUT2D eigenvalue weighted by Gasteiger charge is -2.22. The lowest BCUT2D eigenvalue weighted by molar-refractivity contribution is -0.137. The summed E-state index contributed by atoms with van der Waals surface area (Å²) in [7, 11) is 1.58. The number of hydrogen-bond donors (Lipinski definition) is 1. The van der Waals surface area contributed by atoms with E-state index in [2.05, 4.69) is 5.32 Å². The maximum atomic E-state index is 13.0. The predicted molar refractivity (Wildman–Crippen MR) is 91.5 cm³/mol. The molecule has 1 aromatic rings. The first-order chi connectivity index (χ1) is 12.3. The first-order valence-corrected chi connectivity index (χ1v) is 8.28. The van der Waals surface area contributed by atoms with Crippen LogP contribution in [0.3, 0.4) is 0 Å². The van der Waals surface area contributed by atoms with Crippen molar-refractivity contribution < 1.29 is 22.7 Å². The summed E-state index contributed by atoms with van der Waals surface area (Å²) in [4.78, 5) is 14.9. The molecule has 0 aliphatic carbocycles. The Morgan fingerprint density at radius 1 is 1.35 bits per heavy atom. The van der Waals surface area contributed by atoms with E-state index >= 15 is 0 Å². The first kappa shape index (κ1) is 18.1. The van der Waals surface area contributed by atoms with Crippen molar-refractivity contribution in [1.82, 2.24) is 10.2 Å². The van der Waals surface area contributed by atoms with E-state index < -0.39 is 17.8 Å². The number of benzene rings is 1. The van der Waals surface area contributed by atoms with Crippen LogP contribution >= 0.6 is 0 Å². The minimum atomic E-state index is -4.48. The highest BCUT2D eigenvalue weighted by Crippen LogP contribution is 2.36. The average molecular weight is 364 g/mol. The maximum absolute atomic E-state index is 13.0. The molecule has 0 aromatic heterocycles. The number of hydrogen-bond acceptors (Lipinski definition) is 4. The second-order valence-electron chi connectivity index (χ2n) is 6.02. The average Bonchev–Trinajstić information content (AvgIpc) is 2.97. The third-order valence-electron chi connectivity index (χ3n) is 4.34. The Kier molecular flexibility index (Phi) is 4.80. The van der Waals surface area contributed by atoms with Gasteiger partial charge >= 0.3 is 6.18 Å². The van der Waals surface area contributed by atoms with Crippen LogP contribution in [0.15, 0.2) is 54.2 Å². The molecule has 2 aliphatic heterocycles. The minimum Gasteiger partial charge on any atom is -0.462 e. The van der Waals surface area contributed by atoms with E-state index in [9.17, 15) is 18.0 Å². The number of carbonyl (C=O) groups is 1. The van der Waals surface area contributed by atoms with Crippen LogP contribution < -0.4 is 5.32 Å². The zero-order valence-corrected chi connectivity index (χ0v) is 14.4. The number of nitrogens with zero attached hydrogens (tertiary/aromatic N) is 1. The van der Waals surface area contributed by atoms with Gasteiger partial charge in [0.05, 0.1) is 11.1 Å². The Morgan fingerprint density at radius 2 is 2.12 bits per heavy atom. The number of alkyl halides is 3. The Hall–Kier alpha value is -2.70. The lowest BCUT2D eigenvalue weighted by atomic mass is 9.94. The fourth-order valence-corrected chi connectivity index (χ4v) is 3.03. The molecule has 0 fully saturated rings. The molecule has 4 nitrogen and oxygen atoms in total. The molecule has 26 heavy (non-hydrogen) atoms. The van der Waals surface area contributed by atoms with Gasteiger partial charge in [0.15, 0.2) is 12.0 Å². The van der Waals surface area contributed by atoms with E-state index in [0.717, 1.165) is 24.3 Å². The highest BCUT2D eigenvalue weighted by Gasteiger charge is 2.39. The number of ketones is 1. The molecule has 0 saturated heterocycles. The van der Waals surface area contributed by atoms with Crippen LogP contribution in [0.5, 0.6) is 0 Å². The summed E-state index contributed by atoms with van der Waals surface area (Å²) in [6, 6.07) is 4.73. The van der Waals surface area contributed by atoms with Gasteiger partial charge in [0, 0.05) is 19.8 Å². The molecule has 7 heteroatoms. The number of Topliss-reactive ketones (excluding diaryl/α,β-unsaturated/α-hetero) is 1. The molecule has 2 aliphatic rings. The van der Waals surface area contributed by atoms with E-state index in [1.807, 2.05) is 30.3 Å². The largest absolute Gasteiger partial charge is 0.462 e. The van der Waals surface area contributed by atoms with Crippen molar-refractivity contribution in [2.24, 2.45) is 0 Å². The summed E-state index contributed by atoms with van der Waals surface area (Å²) in [5.74, 6) is -0.149. The zero-order valence-electron chi connectivity index (χ0n) is 14.4. The molecule has 1 atom stereocenters. The van der Waals surface area contributed by atoms with Crippen LogP contribution in [0, 0.1) is 0 Å². The molecule has 1 unspecified atom stereocenters. The summed E-state index contributed by atoms with van der Waals surface area (Å²) >= 11 is 0. The van der Waals surface area contributed by atoms with E-state index in [4.69, 9.17) is 4.74 Å². The van der Waals surface area contributed by atoms with E-state index in [0.29, 0.717) is 6.42 Å². The Bertz CT molecular complexity index is 809. The minimum absolute atomic E-state index is 0.141. The zero-order chi connectivity index (χ0) is 18.9. The van der Waals surface area contributed by atoms with Crippen molar-refractivity contribution in [2.75, 3.05) is 13.6 Å². The first-order valence-electron chi connectivity index (χ1n) is 8.28. The van der Waals surface area contributed by atoms with Gasteiger partial charge in [-0.2, -0.15) is 13.2 Å². The molecular weight excluding hydrogens is 345 g/mol. The van der Waals surface area contributed by atoms with Crippen molar-refractivity contribution in [3.63, 3.8) is 0 Å². The monoisotopic (exact) mass is 364 g/mol. The second kappa shape index (κ2) is 6.90. The van der Waals surface area contributed by atoms with E-state index in [1.165, 1.54) is 12.1 Å². The number of halogens is 3. The molecule has 0 bridgehead atoms. The molecule has 3 rings (SSSR count). The second-order valence-corrected chi connectivity index (χ2v) is 6.02. The highest BCUT2D eigenvalue weighted by atomic mass is 19.4. The normalized spacial score (nSPS) is 20.3. The predicted octanol–water partition coefficient (Wildman–Crippen LogP) is 3.68. The van der Waals surface area contributed by atoms with Gasteiger partial charge in [0.25, 0.3) is 0 Å². The topological polar surface area (TPSA) is 41.6 Å². The molecule has 0 saturated carbocycles.